The number of hydrogen-bond acceptors (Lipinski definition) is 4. The van der Waals surface area contributed by atoms with E-state index < -0.39 is 0 Å². The molecule has 5 heteroatoms. The standard InChI is InChI=1S/C13H23NO4/c1-3-18-13(16)7-6-12(15)14(2)8-9-17-10-11-4-5-11/h11H,3-10H2,1-2H3. The van der Waals surface area contributed by atoms with E-state index in [0.717, 1.165) is 12.5 Å². The minimum atomic E-state index is -0.316. The number of amides is 1. The highest BCUT2D eigenvalue weighted by atomic mass is 16.5. The van der Waals surface area contributed by atoms with Crippen LogP contribution in [-0.2, 0) is 19.1 Å². The molecule has 1 saturated carbocycles. The Hall–Kier alpha value is -1.10. The van der Waals surface area contributed by atoms with E-state index >= 15 is 0 Å². The molecule has 0 saturated heterocycles. The van der Waals surface area contributed by atoms with Crippen LogP contribution in [-0.4, -0.2) is 50.2 Å². The van der Waals surface area contributed by atoms with Crippen molar-refractivity contribution in [2.24, 2.45) is 5.92 Å². The van der Waals surface area contributed by atoms with Crippen LogP contribution in [0, 0.1) is 5.92 Å². The van der Waals surface area contributed by atoms with Crippen LogP contribution in [0.5, 0.6) is 0 Å². The quantitative estimate of drug-likeness (QED) is 0.460. The summed E-state index contributed by atoms with van der Waals surface area (Å²) in [6.07, 6.45) is 2.90. The van der Waals surface area contributed by atoms with Crippen LogP contribution in [0.3, 0.4) is 0 Å². The van der Waals surface area contributed by atoms with Crippen molar-refractivity contribution in [1.82, 2.24) is 4.90 Å². The van der Waals surface area contributed by atoms with E-state index in [2.05, 4.69) is 0 Å². The fourth-order valence-corrected chi connectivity index (χ4v) is 1.49. The Labute approximate surface area is 108 Å². The maximum absolute atomic E-state index is 11.7. The van der Waals surface area contributed by atoms with Gasteiger partial charge in [-0.1, -0.05) is 0 Å². The largest absolute Gasteiger partial charge is 0.466 e. The van der Waals surface area contributed by atoms with Crippen molar-refractivity contribution in [3.8, 4) is 0 Å². The highest BCUT2D eigenvalue weighted by Gasteiger charge is 2.21. The first-order chi connectivity index (χ1) is 8.63. The van der Waals surface area contributed by atoms with Gasteiger partial charge in [0.2, 0.25) is 5.91 Å². The van der Waals surface area contributed by atoms with Gasteiger partial charge in [-0.2, -0.15) is 0 Å². The molecule has 0 aromatic carbocycles. The zero-order valence-electron chi connectivity index (χ0n) is 11.3. The van der Waals surface area contributed by atoms with E-state index in [1.165, 1.54) is 12.8 Å². The summed E-state index contributed by atoms with van der Waals surface area (Å²) in [6, 6.07) is 0. The van der Waals surface area contributed by atoms with Gasteiger partial charge in [0.05, 0.1) is 19.6 Å². The monoisotopic (exact) mass is 257 g/mol. The maximum Gasteiger partial charge on any atom is 0.306 e. The molecule has 18 heavy (non-hydrogen) atoms. The molecule has 1 amide bonds. The number of likely N-dealkylation sites (N-methyl/N-ethyl adjacent to an activating group) is 1. The first-order valence-electron chi connectivity index (χ1n) is 6.60. The van der Waals surface area contributed by atoms with Crippen LogP contribution in [0.25, 0.3) is 0 Å². The number of rotatable bonds is 9. The van der Waals surface area contributed by atoms with Gasteiger partial charge >= 0.3 is 5.97 Å². The summed E-state index contributed by atoms with van der Waals surface area (Å²) in [7, 11) is 1.73. The summed E-state index contributed by atoms with van der Waals surface area (Å²) in [5.41, 5.74) is 0. The summed E-state index contributed by atoms with van der Waals surface area (Å²) in [5.74, 6) is 0.386. The summed E-state index contributed by atoms with van der Waals surface area (Å²) in [4.78, 5) is 24.4. The van der Waals surface area contributed by atoms with E-state index in [-0.39, 0.29) is 24.7 Å². The summed E-state index contributed by atoms with van der Waals surface area (Å²) < 4.78 is 10.2. The summed E-state index contributed by atoms with van der Waals surface area (Å²) in [6.45, 7) is 4.07. The van der Waals surface area contributed by atoms with Crippen molar-refractivity contribution >= 4 is 11.9 Å². The van der Waals surface area contributed by atoms with Crippen LogP contribution < -0.4 is 0 Å². The molecule has 5 nitrogen and oxygen atoms in total. The van der Waals surface area contributed by atoms with Gasteiger partial charge in [-0.05, 0) is 25.7 Å². The van der Waals surface area contributed by atoms with E-state index in [4.69, 9.17) is 9.47 Å². The van der Waals surface area contributed by atoms with Crippen molar-refractivity contribution < 1.29 is 19.1 Å². The number of carbonyl (C=O) groups is 2. The van der Waals surface area contributed by atoms with Gasteiger partial charge in [0.15, 0.2) is 0 Å². The Morgan fingerprint density at radius 1 is 1.28 bits per heavy atom. The van der Waals surface area contributed by atoms with Gasteiger partial charge in [0.25, 0.3) is 0 Å². The predicted molar refractivity (Wildman–Crippen MR) is 67.0 cm³/mol. The molecule has 0 aromatic heterocycles. The van der Waals surface area contributed by atoms with Crippen molar-refractivity contribution in [3.05, 3.63) is 0 Å². The average molecular weight is 257 g/mol. The number of ether oxygens (including phenoxy) is 2. The molecule has 0 aromatic rings. The second-order valence-electron chi connectivity index (χ2n) is 4.64. The molecule has 1 aliphatic rings. The number of hydrogen-bond donors (Lipinski definition) is 0. The predicted octanol–water partition coefficient (Wildman–Crippen LogP) is 1.21. The Kier molecular flexibility index (Phi) is 6.72. The van der Waals surface area contributed by atoms with Crippen LogP contribution in [0.15, 0.2) is 0 Å². The maximum atomic E-state index is 11.7. The molecule has 104 valence electrons. The SMILES string of the molecule is CCOC(=O)CCC(=O)N(C)CCOCC1CC1. The third-order valence-electron chi connectivity index (χ3n) is 2.90. The second-order valence-corrected chi connectivity index (χ2v) is 4.64. The van der Waals surface area contributed by atoms with Gasteiger partial charge in [-0.25, -0.2) is 0 Å². The third kappa shape index (κ3) is 6.59. The zero-order chi connectivity index (χ0) is 13.4. The van der Waals surface area contributed by atoms with E-state index in [1.807, 2.05) is 0 Å². The first kappa shape index (κ1) is 15.0. The fourth-order valence-electron chi connectivity index (χ4n) is 1.49. The first-order valence-corrected chi connectivity index (χ1v) is 6.60. The van der Waals surface area contributed by atoms with E-state index in [0.29, 0.717) is 19.8 Å². The minimum absolute atomic E-state index is 0.0434. The number of nitrogens with zero attached hydrogens (tertiary/aromatic N) is 1. The molecule has 1 aliphatic carbocycles. The molecule has 0 heterocycles. The Bertz CT molecular complexity index is 276. The van der Waals surface area contributed by atoms with Crippen molar-refractivity contribution in [2.75, 3.05) is 33.4 Å². The lowest BCUT2D eigenvalue weighted by atomic mass is 10.3. The van der Waals surface area contributed by atoms with Crippen molar-refractivity contribution in [2.45, 2.75) is 32.6 Å². The summed E-state index contributed by atoms with van der Waals surface area (Å²) >= 11 is 0. The van der Waals surface area contributed by atoms with Gasteiger partial charge in [-0.3, -0.25) is 9.59 Å². The van der Waals surface area contributed by atoms with Gasteiger partial charge in [0.1, 0.15) is 0 Å². The Morgan fingerprint density at radius 2 is 2.00 bits per heavy atom. The van der Waals surface area contributed by atoms with Crippen molar-refractivity contribution in [1.29, 1.82) is 0 Å². The zero-order valence-corrected chi connectivity index (χ0v) is 11.3. The lowest BCUT2D eigenvalue weighted by Gasteiger charge is -2.16. The minimum Gasteiger partial charge on any atom is -0.466 e. The molecule has 0 bridgehead atoms. The molecule has 1 fully saturated rings. The molecule has 0 spiro atoms. The molecule has 0 atom stereocenters. The van der Waals surface area contributed by atoms with Crippen molar-refractivity contribution in [3.63, 3.8) is 0 Å². The highest BCUT2D eigenvalue weighted by molar-refractivity contribution is 5.81. The third-order valence-corrected chi connectivity index (χ3v) is 2.90. The fraction of sp³-hybridized carbons (Fsp3) is 0.846. The Morgan fingerprint density at radius 3 is 2.61 bits per heavy atom. The average Bonchev–Trinajstić information content (AvgIpc) is 3.15. The van der Waals surface area contributed by atoms with Crippen LogP contribution in [0.4, 0.5) is 0 Å². The molecular formula is C13H23NO4. The molecule has 0 radical (unpaired) electrons. The van der Waals surface area contributed by atoms with Crippen LogP contribution >= 0.6 is 0 Å². The normalized spacial score (nSPS) is 14.3. The van der Waals surface area contributed by atoms with Crippen LogP contribution in [0.1, 0.15) is 32.6 Å². The highest BCUT2D eigenvalue weighted by Crippen LogP contribution is 2.28. The topological polar surface area (TPSA) is 55.8 Å². The van der Waals surface area contributed by atoms with Crippen LogP contribution in [0.2, 0.25) is 0 Å². The molecular weight excluding hydrogens is 234 g/mol. The molecule has 0 N–H and O–H groups in total. The van der Waals surface area contributed by atoms with Gasteiger partial charge in [-0.15, -0.1) is 0 Å². The molecule has 1 rings (SSSR count). The Balaban J connectivity index is 2.02. The van der Waals surface area contributed by atoms with E-state index in [9.17, 15) is 9.59 Å². The lowest BCUT2D eigenvalue weighted by Crippen LogP contribution is -2.30. The van der Waals surface area contributed by atoms with E-state index in [1.54, 1.807) is 18.9 Å². The summed E-state index contributed by atoms with van der Waals surface area (Å²) in [5, 5.41) is 0. The smallest absolute Gasteiger partial charge is 0.306 e. The lowest BCUT2D eigenvalue weighted by molar-refractivity contribution is -0.145. The van der Waals surface area contributed by atoms with Gasteiger partial charge in [0, 0.05) is 26.6 Å². The molecule has 0 aliphatic heterocycles. The second kappa shape index (κ2) is 8.08. The molecule has 0 unspecified atom stereocenters. The number of esters is 1. The van der Waals surface area contributed by atoms with Gasteiger partial charge < -0.3 is 14.4 Å². The number of carbonyl (C=O) groups excluding carboxylic acids is 2.